The van der Waals surface area contributed by atoms with E-state index < -0.39 is 0 Å². The van der Waals surface area contributed by atoms with Gasteiger partial charge in [-0.2, -0.15) is 0 Å². The van der Waals surface area contributed by atoms with E-state index in [2.05, 4.69) is 17.2 Å². The van der Waals surface area contributed by atoms with Crippen LogP contribution >= 0.6 is 11.6 Å². The SMILES string of the molecule is COCC(C)Cn1nnc(CCl)c1C(C)OC. The van der Waals surface area contributed by atoms with Gasteiger partial charge in [-0.1, -0.05) is 12.1 Å². The van der Waals surface area contributed by atoms with E-state index in [9.17, 15) is 0 Å². The molecule has 0 aliphatic heterocycles. The fourth-order valence-electron chi connectivity index (χ4n) is 1.77. The van der Waals surface area contributed by atoms with Gasteiger partial charge in [-0.05, 0) is 12.8 Å². The Labute approximate surface area is 107 Å². The molecule has 0 saturated carbocycles. The van der Waals surface area contributed by atoms with Crippen molar-refractivity contribution in [2.45, 2.75) is 32.4 Å². The average Bonchev–Trinajstić information content (AvgIpc) is 2.71. The summed E-state index contributed by atoms with van der Waals surface area (Å²) in [5.41, 5.74) is 1.73. The third kappa shape index (κ3) is 3.66. The Hall–Kier alpha value is -0.650. The molecule has 0 aromatic carbocycles. The first-order chi connectivity index (χ1) is 8.13. The zero-order valence-electron chi connectivity index (χ0n) is 10.8. The maximum absolute atomic E-state index is 5.85. The van der Waals surface area contributed by atoms with Crippen molar-refractivity contribution in [1.82, 2.24) is 15.0 Å². The highest BCUT2D eigenvalue weighted by molar-refractivity contribution is 6.16. The van der Waals surface area contributed by atoms with E-state index in [1.807, 2.05) is 11.6 Å². The van der Waals surface area contributed by atoms with Crippen LogP contribution in [-0.2, 0) is 21.9 Å². The first kappa shape index (κ1) is 14.4. The summed E-state index contributed by atoms with van der Waals surface area (Å²) in [6, 6.07) is 0. The third-order valence-corrected chi connectivity index (χ3v) is 2.90. The van der Waals surface area contributed by atoms with Crippen LogP contribution in [0.2, 0.25) is 0 Å². The maximum Gasteiger partial charge on any atom is 0.103 e. The molecule has 2 atom stereocenters. The molecular formula is C11H20ClN3O2. The Balaban J connectivity index is 2.87. The lowest BCUT2D eigenvalue weighted by Gasteiger charge is -2.16. The fraction of sp³-hybridized carbons (Fsp3) is 0.818. The highest BCUT2D eigenvalue weighted by Gasteiger charge is 2.19. The smallest absolute Gasteiger partial charge is 0.103 e. The minimum absolute atomic E-state index is 0.0616. The Kier molecular flexibility index (Phi) is 5.88. The van der Waals surface area contributed by atoms with Crippen LogP contribution in [0.5, 0.6) is 0 Å². The summed E-state index contributed by atoms with van der Waals surface area (Å²) in [4.78, 5) is 0. The summed E-state index contributed by atoms with van der Waals surface area (Å²) in [7, 11) is 3.36. The monoisotopic (exact) mass is 261 g/mol. The van der Waals surface area contributed by atoms with Crippen LogP contribution in [0.25, 0.3) is 0 Å². The lowest BCUT2D eigenvalue weighted by Crippen LogP contribution is -2.17. The van der Waals surface area contributed by atoms with Crippen LogP contribution in [-0.4, -0.2) is 35.8 Å². The number of hydrogen-bond acceptors (Lipinski definition) is 4. The Morgan fingerprint density at radius 1 is 1.35 bits per heavy atom. The van der Waals surface area contributed by atoms with Gasteiger partial charge in [0, 0.05) is 20.8 Å². The molecule has 6 heteroatoms. The number of rotatable bonds is 7. The zero-order valence-corrected chi connectivity index (χ0v) is 11.6. The predicted molar refractivity (Wildman–Crippen MR) is 66.0 cm³/mol. The Morgan fingerprint density at radius 3 is 2.59 bits per heavy atom. The van der Waals surface area contributed by atoms with Gasteiger partial charge in [0.25, 0.3) is 0 Å². The quantitative estimate of drug-likeness (QED) is 0.705. The molecule has 17 heavy (non-hydrogen) atoms. The molecule has 0 amide bonds. The Bertz CT molecular complexity index is 343. The second-order valence-corrected chi connectivity index (χ2v) is 4.44. The summed E-state index contributed by atoms with van der Waals surface area (Å²) in [6.45, 7) is 5.51. The topological polar surface area (TPSA) is 49.2 Å². The summed E-state index contributed by atoms with van der Waals surface area (Å²) in [5, 5.41) is 8.20. The summed E-state index contributed by atoms with van der Waals surface area (Å²) in [5.74, 6) is 0.717. The van der Waals surface area contributed by atoms with E-state index in [1.54, 1.807) is 14.2 Å². The van der Waals surface area contributed by atoms with Gasteiger partial charge in [0.05, 0.1) is 24.3 Å². The van der Waals surface area contributed by atoms with E-state index in [1.165, 1.54) is 0 Å². The molecule has 1 heterocycles. The van der Waals surface area contributed by atoms with Gasteiger partial charge in [-0.15, -0.1) is 16.7 Å². The third-order valence-electron chi connectivity index (χ3n) is 2.65. The average molecular weight is 262 g/mol. The summed E-state index contributed by atoms with van der Waals surface area (Å²) in [6.07, 6.45) is -0.0616. The number of ether oxygens (including phenoxy) is 2. The minimum Gasteiger partial charge on any atom is -0.384 e. The molecule has 0 saturated heterocycles. The molecule has 1 rings (SSSR count). The molecule has 1 aromatic rings. The van der Waals surface area contributed by atoms with Crippen molar-refractivity contribution < 1.29 is 9.47 Å². The van der Waals surface area contributed by atoms with Crippen molar-refractivity contribution in [3.8, 4) is 0 Å². The van der Waals surface area contributed by atoms with Crippen LogP contribution in [0.3, 0.4) is 0 Å². The molecule has 0 radical (unpaired) electrons. The number of alkyl halides is 1. The van der Waals surface area contributed by atoms with Crippen molar-refractivity contribution in [3.05, 3.63) is 11.4 Å². The van der Waals surface area contributed by atoms with Crippen molar-refractivity contribution >= 4 is 11.6 Å². The van der Waals surface area contributed by atoms with Crippen LogP contribution in [0.15, 0.2) is 0 Å². The van der Waals surface area contributed by atoms with E-state index in [0.29, 0.717) is 18.4 Å². The van der Waals surface area contributed by atoms with E-state index in [4.69, 9.17) is 21.1 Å². The second kappa shape index (κ2) is 6.93. The first-order valence-corrected chi connectivity index (χ1v) is 6.17. The predicted octanol–water partition coefficient (Wildman–Crippen LogP) is 2.01. The van der Waals surface area contributed by atoms with Crippen molar-refractivity contribution in [3.63, 3.8) is 0 Å². The van der Waals surface area contributed by atoms with E-state index in [0.717, 1.165) is 17.9 Å². The van der Waals surface area contributed by atoms with Crippen molar-refractivity contribution in [2.75, 3.05) is 20.8 Å². The number of hydrogen-bond donors (Lipinski definition) is 0. The van der Waals surface area contributed by atoms with Gasteiger partial charge in [-0.3, -0.25) is 0 Å². The maximum atomic E-state index is 5.85. The van der Waals surface area contributed by atoms with Crippen LogP contribution < -0.4 is 0 Å². The van der Waals surface area contributed by atoms with Crippen LogP contribution in [0.4, 0.5) is 0 Å². The van der Waals surface area contributed by atoms with E-state index in [-0.39, 0.29) is 6.10 Å². The highest BCUT2D eigenvalue weighted by Crippen LogP contribution is 2.21. The molecule has 0 aliphatic carbocycles. The molecule has 0 fully saturated rings. The highest BCUT2D eigenvalue weighted by atomic mass is 35.5. The number of methoxy groups -OCH3 is 2. The van der Waals surface area contributed by atoms with Gasteiger partial charge in [0.1, 0.15) is 5.69 Å². The molecule has 2 unspecified atom stereocenters. The fourth-order valence-corrected chi connectivity index (χ4v) is 1.97. The van der Waals surface area contributed by atoms with Gasteiger partial charge in [0.15, 0.2) is 0 Å². The first-order valence-electron chi connectivity index (χ1n) is 5.64. The lowest BCUT2D eigenvalue weighted by atomic mass is 10.2. The normalized spacial score (nSPS) is 14.9. The molecule has 0 aliphatic rings. The zero-order chi connectivity index (χ0) is 12.8. The molecule has 0 N–H and O–H groups in total. The lowest BCUT2D eigenvalue weighted by molar-refractivity contribution is 0.106. The van der Waals surface area contributed by atoms with Gasteiger partial charge in [-0.25, -0.2) is 4.68 Å². The van der Waals surface area contributed by atoms with Gasteiger partial charge in [0.2, 0.25) is 0 Å². The minimum atomic E-state index is -0.0616. The molecule has 1 aromatic heterocycles. The second-order valence-electron chi connectivity index (χ2n) is 4.18. The van der Waals surface area contributed by atoms with Crippen molar-refractivity contribution in [1.29, 1.82) is 0 Å². The number of halogens is 1. The Morgan fingerprint density at radius 2 is 2.06 bits per heavy atom. The molecule has 0 spiro atoms. The summed E-state index contributed by atoms with van der Waals surface area (Å²) < 4.78 is 12.3. The molecule has 98 valence electrons. The van der Waals surface area contributed by atoms with Crippen LogP contribution in [0.1, 0.15) is 31.3 Å². The summed E-state index contributed by atoms with van der Waals surface area (Å²) >= 11 is 5.85. The number of nitrogens with zero attached hydrogens (tertiary/aromatic N) is 3. The molecule has 5 nitrogen and oxygen atoms in total. The largest absolute Gasteiger partial charge is 0.384 e. The van der Waals surface area contributed by atoms with Gasteiger partial charge >= 0.3 is 0 Å². The molecular weight excluding hydrogens is 242 g/mol. The van der Waals surface area contributed by atoms with Crippen LogP contribution in [0, 0.1) is 5.92 Å². The standard InChI is InChI=1S/C11H20ClN3O2/c1-8(7-16-3)6-15-11(9(2)17-4)10(5-12)13-14-15/h8-9H,5-7H2,1-4H3. The number of aromatic nitrogens is 3. The van der Waals surface area contributed by atoms with Gasteiger partial charge < -0.3 is 9.47 Å². The molecule has 0 bridgehead atoms. The van der Waals surface area contributed by atoms with E-state index >= 15 is 0 Å². The van der Waals surface area contributed by atoms with Crippen molar-refractivity contribution in [2.24, 2.45) is 5.92 Å².